The molecule has 1 aromatic rings. The van der Waals surface area contributed by atoms with E-state index in [9.17, 15) is 22.0 Å². The fourth-order valence-corrected chi connectivity index (χ4v) is 0.741. The molecule has 0 spiro atoms. The van der Waals surface area contributed by atoms with Gasteiger partial charge in [-0.2, -0.15) is 9.65 Å². The lowest BCUT2D eigenvalue weighted by Crippen LogP contribution is -2.18. The summed E-state index contributed by atoms with van der Waals surface area (Å²) in [5.74, 6) is -4.58. The maximum atomic E-state index is 12.9. The van der Waals surface area contributed by atoms with Crippen molar-refractivity contribution in [3.05, 3.63) is 23.5 Å². The van der Waals surface area contributed by atoms with Crippen molar-refractivity contribution in [2.24, 2.45) is 0 Å². The molecule has 15 heavy (non-hydrogen) atoms. The molecule has 1 aromatic heterocycles. The number of alkyl halides is 3. The molecule has 1 heterocycles. The van der Waals surface area contributed by atoms with Crippen LogP contribution in [0.15, 0.2) is 6.20 Å². The van der Waals surface area contributed by atoms with Crippen molar-refractivity contribution < 1.29 is 26.7 Å². The lowest BCUT2D eigenvalue weighted by molar-refractivity contribution is -0.275. The first-order valence-corrected chi connectivity index (χ1v) is 3.35. The molecule has 0 saturated heterocycles. The highest BCUT2D eigenvalue weighted by Crippen LogP contribution is 2.26. The van der Waals surface area contributed by atoms with Gasteiger partial charge in [0.05, 0.1) is 6.20 Å². The van der Waals surface area contributed by atoms with Crippen molar-refractivity contribution in [1.82, 2.24) is 4.98 Å². The van der Waals surface area contributed by atoms with Crippen LogP contribution in [-0.4, -0.2) is 11.3 Å². The standard InChI is InChI=1S/C7HF5N2O/c8-5-3(1-13)6(9)14-2-4(5)15-7(10,11)12/h2H. The summed E-state index contributed by atoms with van der Waals surface area (Å²) >= 11 is 0. The number of aromatic nitrogens is 1. The molecule has 1 rings (SSSR count). The first kappa shape index (κ1) is 11.2. The van der Waals surface area contributed by atoms with Crippen LogP contribution in [0, 0.1) is 23.1 Å². The summed E-state index contributed by atoms with van der Waals surface area (Å²) in [6, 6.07) is 1.03. The van der Waals surface area contributed by atoms with Crippen LogP contribution in [0.25, 0.3) is 0 Å². The van der Waals surface area contributed by atoms with Crippen molar-refractivity contribution in [2.45, 2.75) is 6.36 Å². The van der Waals surface area contributed by atoms with Gasteiger partial charge >= 0.3 is 6.36 Å². The Hall–Kier alpha value is -1.91. The second kappa shape index (κ2) is 3.68. The summed E-state index contributed by atoms with van der Waals surface area (Å²) in [6.45, 7) is 0. The second-order valence-corrected chi connectivity index (χ2v) is 2.26. The van der Waals surface area contributed by atoms with E-state index in [1.54, 1.807) is 0 Å². The monoisotopic (exact) mass is 224 g/mol. The lowest BCUT2D eigenvalue weighted by Gasteiger charge is -2.09. The molecule has 0 aliphatic carbocycles. The van der Waals surface area contributed by atoms with Gasteiger partial charge in [0.2, 0.25) is 5.95 Å². The average molecular weight is 224 g/mol. The molecule has 0 aliphatic heterocycles. The minimum absolute atomic E-state index is 0.207. The van der Waals surface area contributed by atoms with Gasteiger partial charge in [-0.15, -0.1) is 13.2 Å². The number of nitriles is 1. The zero-order valence-electron chi connectivity index (χ0n) is 6.77. The molecule has 0 fully saturated rings. The number of ether oxygens (including phenoxy) is 1. The summed E-state index contributed by atoms with van der Waals surface area (Å²) in [4.78, 5) is 2.74. The number of pyridine rings is 1. The van der Waals surface area contributed by atoms with Crippen LogP contribution in [0.5, 0.6) is 5.75 Å². The molecule has 0 saturated carbocycles. The van der Waals surface area contributed by atoms with E-state index in [4.69, 9.17) is 5.26 Å². The Kier molecular flexibility index (Phi) is 2.74. The van der Waals surface area contributed by atoms with Crippen LogP contribution >= 0.6 is 0 Å². The number of halogens is 5. The van der Waals surface area contributed by atoms with E-state index >= 15 is 0 Å². The van der Waals surface area contributed by atoms with Crippen LogP contribution in [-0.2, 0) is 0 Å². The minimum atomic E-state index is -5.13. The van der Waals surface area contributed by atoms with Gasteiger partial charge in [0.1, 0.15) is 11.6 Å². The summed E-state index contributed by atoms with van der Waals surface area (Å²) in [7, 11) is 0. The Bertz CT molecular complexity index is 423. The van der Waals surface area contributed by atoms with Gasteiger partial charge in [0.15, 0.2) is 11.6 Å². The molecule has 80 valence electrons. The molecular formula is C7HF5N2O. The SMILES string of the molecule is N#Cc1c(F)ncc(OC(F)(F)F)c1F. The zero-order chi connectivity index (χ0) is 11.6. The van der Waals surface area contributed by atoms with Crippen molar-refractivity contribution in [1.29, 1.82) is 5.26 Å². The minimum Gasteiger partial charge on any atom is -0.401 e. The van der Waals surface area contributed by atoms with Crippen molar-refractivity contribution in [3.63, 3.8) is 0 Å². The highest BCUT2D eigenvalue weighted by Gasteiger charge is 2.33. The molecule has 0 unspecified atom stereocenters. The van der Waals surface area contributed by atoms with E-state index in [-0.39, 0.29) is 6.20 Å². The van der Waals surface area contributed by atoms with Crippen LogP contribution in [0.1, 0.15) is 5.56 Å². The molecule has 0 aromatic carbocycles. The quantitative estimate of drug-likeness (QED) is 0.542. The van der Waals surface area contributed by atoms with E-state index in [1.807, 2.05) is 0 Å². The molecule has 0 amide bonds. The maximum absolute atomic E-state index is 12.9. The second-order valence-electron chi connectivity index (χ2n) is 2.26. The fraction of sp³-hybridized carbons (Fsp3) is 0.143. The van der Waals surface area contributed by atoms with E-state index < -0.39 is 29.4 Å². The average Bonchev–Trinajstić information content (AvgIpc) is 2.09. The number of hydrogen-bond donors (Lipinski definition) is 0. The number of nitrogens with zero attached hydrogens (tertiary/aromatic N) is 2. The molecule has 0 atom stereocenters. The third kappa shape index (κ3) is 2.52. The Morgan fingerprint density at radius 3 is 2.40 bits per heavy atom. The summed E-state index contributed by atoms with van der Waals surface area (Å²) < 4.78 is 63.7. The molecule has 0 aliphatic rings. The van der Waals surface area contributed by atoms with Gasteiger partial charge in [-0.3, -0.25) is 0 Å². The predicted molar refractivity (Wildman–Crippen MR) is 35.6 cm³/mol. The number of rotatable bonds is 1. The molecule has 0 N–H and O–H groups in total. The van der Waals surface area contributed by atoms with Crippen LogP contribution in [0.4, 0.5) is 22.0 Å². The first-order valence-electron chi connectivity index (χ1n) is 3.35. The third-order valence-electron chi connectivity index (χ3n) is 1.27. The summed E-state index contributed by atoms with van der Waals surface area (Å²) in [5, 5.41) is 8.22. The van der Waals surface area contributed by atoms with Gasteiger partial charge in [-0.25, -0.2) is 9.37 Å². The molecule has 8 heteroatoms. The van der Waals surface area contributed by atoms with Gasteiger partial charge in [-0.1, -0.05) is 0 Å². The normalized spacial score (nSPS) is 10.9. The largest absolute Gasteiger partial charge is 0.573 e. The van der Waals surface area contributed by atoms with Crippen LogP contribution in [0.2, 0.25) is 0 Å². The Balaban J connectivity index is 3.18. The lowest BCUT2D eigenvalue weighted by atomic mass is 10.3. The first-order chi connectivity index (χ1) is 6.85. The van der Waals surface area contributed by atoms with Gasteiger partial charge < -0.3 is 4.74 Å². The topological polar surface area (TPSA) is 45.9 Å². The molecular weight excluding hydrogens is 223 g/mol. The number of hydrogen-bond acceptors (Lipinski definition) is 3. The van der Waals surface area contributed by atoms with Crippen LogP contribution in [0.3, 0.4) is 0 Å². The zero-order valence-corrected chi connectivity index (χ0v) is 6.77. The van der Waals surface area contributed by atoms with Crippen molar-refractivity contribution in [2.75, 3.05) is 0 Å². The molecule has 3 nitrogen and oxygen atoms in total. The van der Waals surface area contributed by atoms with Crippen molar-refractivity contribution >= 4 is 0 Å². The van der Waals surface area contributed by atoms with Crippen molar-refractivity contribution in [3.8, 4) is 11.8 Å². The van der Waals surface area contributed by atoms with E-state index in [0.717, 1.165) is 6.07 Å². The van der Waals surface area contributed by atoms with Gasteiger partial charge in [0.25, 0.3) is 0 Å². The Labute approximate surface area is 79.7 Å². The summed E-state index contributed by atoms with van der Waals surface area (Å²) in [5.41, 5.74) is -1.23. The van der Waals surface area contributed by atoms with Gasteiger partial charge in [-0.05, 0) is 0 Å². The Morgan fingerprint density at radius 2 is 1.93 bits per heavy atom. The maximum Gasteiger partial charge on any atom is 0.573 e. The van der Waals surface area contributed by atoms with E-state index in [0.29, 0.717) is 0 Å². The third-order valence-corrected chi connectivity index (χ3v) is 1.27. The van der Waals surface area contributed by atoms with E-state index in [1.165, 1.54) is 0 Å². The Morgan fingerprint density at radius 1 is 1.33 bits per heavy atom. The molecule has 0 bridgehead atoms. The highest BCUT2D eigenvalue weighted by atomic mass is 19.4. The highest BCUT2D eigenvalue weighted by molar-refractivity contribution is 5.36. The van der Waals surface area contributed by atoms with Gasteiger partial charge in [0, 0.05) is 0 Å². The smallest absolute Gasteiger partial charge is 0.401 e. The van der Waals surface area contributed by atoms with Crippen LogP contribution < -0.4 is 4.74 Å². The predicted octanol–water partition coefficient (Wildman–Crippen LogP) is 2.13. The fourth-order valence-electron chi connectivity index (χ4n) is 0.741. The van der Waals surface area contributed by atoms with E-state index in [2.05, 4.69) is 9.72 Å². The summed E-state index contributed by atoms with van der Waals surface area (Å²) in [6.07, 6.45) is -4.92. The molecule has 0 radical (unpaired) electrons.